The van der Waals surface area contributed by atoms with Crippen LogP contribution < -0.4 is 4.74 Å². The van der Waals surface area contributed by atoms with E-state index < -0.39 is 0 Å². The van der Waals surface area contributed by atoms with Gasteiger partial charge in [-0.15, -0.1) is 5.10 Å². The number of benzene rings is 1. The highest BCUT2D eigenvalue weighted by molar-refractivity contribution is 7.17. The number of fused-ring (bicyclic) bond motifs is 1. The van der Waals surface area contributed by atoms with Crippen LogP contribution in [-0.2, 0) is 6.42 Å². The van der Waals surface area contributed by atoms with Gasteiger partial charge in [0, 0.05) is 12.0 Å². The van der Waals surface area contributed by atoms with Crippen LogP contribution in [0.2, 0.25) is 0 Å². The van der Waals surface area contributed by atoms with Gasteiger partial charge < -0.3 is 9.84 Å². The molecular formula is C18H24N4O2S. The molecule has 2 heterocycles. The second-order valence-corrected chi connectivity index (χ2v) is 6.74. The van der Waals surface area contributed by atoms with Gasteiger partial charge in [-0.05, 0) is 19.2 Å². The second-order valence-electron chi connectivity index (χ2n) is 5.73. The smallest absolute Gasteiger partial charge is 0.230 e. The van der Waals surface area contributed by atoms with E-state index in [9.17, 15) is 5.11 Å². The lowest BCUT2D eigenvalue weighted by atomic mass is 10.0. The van der Waals surface area contributed by atoms with Crippen molar-refractivity contribution in [1.82, 2.24) is 19.5 Å². The van der Waals surface area contributed by atoms with Crippen molar-refractivity contribution < 1.29 is 9.84 Å². The van der Waals surface area contributed by atoms with E-state index in [-0.39, 0.29) is 11.9 Å². The first-order chi connectivity index (χ1) is 12.1. The van der Waals surface area contributed by atoms with Gasteiger partial charge in [-0.1, -0.05) is 50.3 Å². The van der Waals surface area contributed by atoms with E-state index in [4.69, 9.17) is 4.74 Å². The van der Waals surface area contributed by atoms with Gasteiger partial charge >= 0.3 is 0 Å². The van der Waals surface area contributed by atoms with E-state index in [0.29, 0.717) is 0 Å². The molecular weight excluding hydrogens is 336 g/mol. The number of para-hydroxylation sites is 1. The zero-order chi connectivity index (χ0) is 18.0. The Bertz CT molecular complexity index is 854. The maximum absolute atomic E-state index is 10.8. The topological polar surface area (TPSA) is 62.9 Å². The average molecular weight is 360 g/mol. The molecule has 2 aromatic heterocycles. The minimum Gasteiger partial charge on any atom is -0.496 e. The van der Waals surface area contributed by atoms with Crippen LogP contribution in [0.1, 0.15) is 43.1 Å². The van der Waals surface area contributed by atoms with Crippen molar-refractivity contribution in [3.63, 3.8) is 0 Å². The Morgan fingerprint density at radius 2 is 1.96 bits per heavy atom. The zero-order valence-corrected chi connectivity index (χ0v) is 15.9. The minimum atomic E-state index is -0.107. The fourth-order valence-corrected chi connectivity index (χ4v) is 4.23. The highest BCUT2D eigenvalue weighted by atomic mass is 32.1. The lowest BCUT2D eigenvalue weighted by Crippen LogP contribution is -2.29. The van der Waals surface area contributed by atoms with Crippen LogP contribution in [0.15, 0.2) is 24.3 Å². The molecule has 0 aliphatic carbocycles. The molecule has 0 saturated heterocycles. The maximum Gasteiger partial charge on any atom is 0.230 e. The number of thiazole rings is 1. The first kappa shape index (κ1) is 17.7. The molecule has 1 N–H and O–H groups in total. The Balaban J connectivity index is 2.18. The number of aromatic nitrogens is 3. The summed E-state index contributed by atoms with van der Waals surface area (Å²) >= 11 is 1.48. The highest BCUT2D eigenvalue weighted by Crippen LogP contribution is 2.42. The third-order valence-electron chi connectivity index (χ3n) is 4.42. The molecule has 0 amide bonds. The Morgan fingerprint density at radius 1 is 1.24 bits per heavy atom. The number of methoxy groups -OCH3 is 1. The molecule has 0 aliphatic heterocycles. The summed E-state index contributed by atoms with van der Waals surface area (Å²) in [5.74, 6) is 1.71. The summed E-state index contributed by atoms with van der Waals surface area (Å²) in [5, 5.41) is 15.2. The number of aromatic hydroxyl groups is 1. The SMILES string of the molecule is CCc1nc2sc(C(c3ccccc3OC)N(CC)CC)c(O)n2n1. The summed E-state index contributed by atoms with van der Waals surface area (Å²) in [6, 6.07) is 7.85. The standard InChI is InChI=1S/C18H24N4O2S/c1-5-14-19-18-22(20-14)17(23)16(25-18)15(21(6-2)7-3)12-10-8-9-11-13(12)24-4/h8-11,15,23H,5-7H2,1-4H3. The van der Waals surface area contributed by atoms with Gasteiger partial charge in [0.15, 0.2) is 5.82 Å². The normalized spacial score (nSPS) is 12.8. The molecule has 25 heavy (non-hydrogen) atoms. The van der Waals surface area contributed by atoms with Crippen molar-refractivity contribution in [3.8, 4) is 11.6 Å². The van der Waals surface area contributed by atoms with Crippen molar-refractivity contribution in [2.24, 2.45) is 0 Å². The summed E-state index contributed by atoms with van der Waals surface area (Å²) in [7, 11) is 1.67. The number of hydrogen-bond donors (Lipinski definition) is 1. The molecule has 0 spiro atoms. The third-order valence-corrected chi connectivity index (χ3v) is 5.49. The molecule has 0 bridgehead atoms. The van der Waals surface area contributed by atoms with Gasteiger partial charge in [-0.2, -0.15) is 4.52 Å². The molecule has 0 aliphatic rings. The molecule has 1 unspecified atom stereocenters. The van der Waals surface area contributed by atoms with Gasteiger partial charge in [0.2, 0.25) is 10.8 Å². The summed E-state index contributed by atoms with van der Waals surface area (Å²) < 4.78 is 7.12. The minimum absolute atomic E-state index is 0.107. The van der Waals surface area contributed by atoms with E-state index in [2.05, 4.69) is 34.9 Å². The Morgan fingerprint density at radius 3 is 2.56 bits per heavy atom. The van der Waals surface area contributed by atoms with Crippen LogP contribution in [0, 0.1) is 0 Å². The Hall–Kier alpha value is -2.12. The van der Waals surface area contributed by atoms with E-state index in [1.807, 2.05) is 25.1 Å². The average Bonchev–Trinajstić information content (AvgIpc) is 3.18. The van der Waals surface area contributed by atoms with Crippen molar-refractivity contribution >= 4 is 16.3 Å². The van der Waals surface area contributed by atoms with Gasteiger partial charge in [0.05, 0.1) is 18.0 Å². The van der Waals surface area contributed by atoms with Gasteiger partial charge in [0.1, 0.15) is 5.75 Å². The van der Waals surface area contributed by atoms with E-state index in [1.54, 1.807) is 11.6 Å². The quantitative estimate of drug-likeness (QED) is 0.699. The molecule has 3 aromatic rings. The van der Waals surface area contributed by atoms with Gasteiger partial charge in [-0.25, -0.2) is 4.98 Å². The van der Waals surface area contributed by atoms with Crippen LogP contribution in [-0.4, -0.2) is 44.8 Å². The zero-order valence-electron chi connectivity index (χ0n) is 15.1. The first-order valence-electron chi connectivity index (χ1n) is 8.58. The molecule has 6 nitrogen and oxygen atoms in total. The largest absolute Gasteiger partial charge is 0.496 e. The number of ether oxygens (including phenoxy) is 1. The summed E-state index contributed by atoms with van der Waals surface area (Å²) in [6.45, 7) is 7.95. The molecule has 1 aromatic carbocycles. The van der Waals surface area contributed by atoms with Crippen LogP contribution in [0.25, 0.3) is 4.96 Å². The highest BCUT2D eigenvalue weighted by Gasteiger charge is 2.30. The molecule has 7 heteroatoms. The summed E-state index contributed by atoms with van der Waals surface area (Å²) in [6.07, 6.45) is 0.745. The number of aryl methyl sites for hydroxylation is 1. The van der Waals surface area contributed by atoms with Crippen LogP contribution in [0.5, 0.6) is 11.6 Å². The van der Waals surface area contributed by atoms with Crippen molar-refractivity contribution in [3.05, 3.63) is 40.5 Å². The fraction of sp³-hybridized carbons (Fsp3) is 0.444. The fourth-order valence-electron chi connectivity index (χ4n) is 3.10. The second kappa shape index (κ2) is 7.41. The number of nitrogens with zero attached hydrogens (tertiary/aromatic N) is 4. The first-order valence-corrected chi connectivity index (χ1v) is 9.40. The molecule has 0 saturated carbocycles. The predicted molar refractivity (Wildman–Crippen MR) is 99.7 cm³/mol. The molecule has 1 atom stereocenters. The third kappa shape index (κ3) is 3.09. The van der Waals surface area contributed by atoms with Crippen molar-refractivity contribution in [2.75, 3.05) is 20.2 Å². The number of hydrogen-bond acceptors (Lipinski definition) is 6. The predicted octanol–water partition coefficient (Wildman–Crippen LogP) is 3.50. The van der Waals surface area contributed by atoms with Crippen molar-refractivity contribution in [2.45, 2.75) is 33.2 Å². The van der Waals surface area contributed by atoms with E-state index in [1.165, 1.54) is 11.3 Å². The molecule has 134 valence electrons. The van der Waals surface area contributed by atoms with E-state index >= 15 is 0 Å². The van der Waals surface area contributed by atoms with Gasteiger partial charge in [-0.3, -0.25) is 4.90 Å². The van der Waals surface area contributed by atoms with E-state index in [0.717, 1.165) is 46.5 Å². The Labute approximate surface area is 151 Å². The van der Waals surface area contributed by atoms with Crippen LogP contribution in [0.4, 0.5) is 0 Å². The number of rotatable bonds is 7. The van der Waals surface area contributed by atoms with Crippen LogP contribution in [0.3, 0.4) is 0 Å². The molecule has 3 rings (SSSR count). The molecule has 0 fully saturated rings. The van der Waals surface area contributed by atoms with Crippen molar-refractivity contribution in [1.29, 1.82) is 0 Å². The molecule has 0 radical (unpaired) electrons. The lowest BCUT2D eigenvalue weighted by Gasteiger charge is -2.30. The lowest BCUT2D eigenvalue weighted by molar-refractivity contribution is 0.243. The summed E-state index contributed by atoms with van der Waals surface area (Å²) in [4.78, 5) is 8.36. The van der Waals surface area contributed by atoms with Crippen LogP contribution >= 0.6 is 11.3 Å². The van der Waals surface area contributed by atoms with Gasteiger partial charge in [0.25, 0.3) is 0 Å². The Kier molecular flexibility index (Phi) is 5.24. The summed E-state index contributed by atoms with van der Waals surface area (Å²) in [5.41, 5.74) is 1.03. The maximum atomic E-state index is 10.8. The monoisotopic (exact) mass is 360 g/mol.